The van der Waals surface area contributed by atoms with Crippen molar-refractivity contribution in [3.63, 3.8) is 0 Å². The van der Waals surface area contributed by atoms with Gasteiger partial charge in [0, 0.05) is 19.9 Å². The Kier molecular flexibility index (Phi) is 3.70. The predicted octanol–water partition coefficient (Wildman–Crippen LogP) is 1.74. The van der Waals surface area contributed by atoms with E-state index >= 15 is 0 Å². The summed E-state index contributed by atoms with van der Waals surface area (Å²) >= 11 is 1.35. The van der Waals surface area contributed by atoms with E-state index in [9.17, 15) is 4.79 Å². The highest BCUT2D eigenvalue weighted by Crippen LogP contribution is 2.27. The lowest BCUT2D eigenvalue weighted by molar-refractivity contribution is -0.127. The molecule has 104 valence electrons. The average Bonchev–Trinajstić information content (AvgIpc) is 3.18. The predicted molar refractivity (Wildman–Crippen MR) is 75.5 cm³/mol. The molecule has 7 heteroatoms. The summed E-state index contributed by atoms with van der Waals surface area (Å²) in [5, 5.41) is 9.41. The van der Waals surface area contributed by atoms with Crippen LogP contribution in [0.2, 0.25) is 0 Å². The molecule has 0 spiro atoms. The third kappa shape index (κ3) is 2.54. The summed E-state index contributed by atoms with van der Waals surface area (Å²) in [6, 6.07) is 5.61. The molecule has 0 radical (unpaired) electrons. The van der Waals surface area contributed by atoms with Crippen molar-refractivity contribution in [1.82, 2.24) is 15.2 Å². The fourth-order valence-electron chi connectivity index (χ4n) is 2.03. The van der Waals surface area contributed by atoms with E-state index in [0.717, 1.165) is 18.5 Å². The third-order valence-electron chi connectivity index (χ3n) is 3.12. The highest BCUT2D eigenvalue weighted by Gasteiger charge is 2.28. The lowest BCUT2D eigenvalue weighted by atomic mass is 10.2. The summed E-state index contributed by atoms with van der Waals surface area (Å²) in [7, 11) is 1.70. The molecule has 0 aromatic carbocycles. The van der Waals surface area contributed by atoms with Crippen molar-refractivity contribution < 1.29 is 9.53 Å². The van der Waals surface area contributed by atoms with E-state index in [1.54, 1.807) is 13.2 Å². The SMILES string of the molecule is CN(C(=O)[C@H]1CCCO1)c1nnc(-c2ccccn2)s1. The van der Waals surface area contributed by atoms with Gasteiger partial charge in [0.15, 0.2) is 5.01 Å². The quantitative estimate of drug-likeness (QED) is 0.861. The van der Waals surface area contributed by atoms with Gasteiger partial charge in [-0.1, -0.05) is 17.4 Å². The van der Waals surface area contributed by atoms with Crippen LogP contribution in [0.1, 0.15) is 12.8 Å². The molecule has 1 atom stereocenters. The molecule has 1 aliphatic rings. The van der Waals surface area contributed by atoms with Crippen LogP contribution in [0.25, 0.3) is 10.7 Å². The molecule has 0 saturated carbocycles. The number of amides is 1. The van der Waals surface area contributed by atoms with Crippen molar-refractivity contribution in [3.05, 3.63) is 24.4 Å². The Labute approximate surface area is 120 Å². The number of rotatable bonds is 3. The third-order valence-corrected chi connectivity index (χ3v) is 4.14. The molecule has 0 aliphatic carbocycles. The zero-order valence-corrected chi connectivity index (χ0v) is 11.8. The second kappa shape index (κ2) is 5.64. The van der Waals surface area contributed by atoms with Crippen LogP contribution in [0.5, 0.6) is 0 Å². The highest BCUT2D eigenvalue weighted by molar-refractivity contribution is 7.18. The Bertz CT molecular complexity index is 595. The molecular formula is C13H14N4O2S. The normalized spacial score (nSPS) is 18.1. The molecular weight excluding hydrogens is 276 g/mol. The van der Waals surface area contributed by atoms with Crippen molar-refractivity contribution in [3.8, 4) is 10.7 Å². The summed E-state index contributed by atoms with van der Waals surface area (Å²) in [5.74, 6) is -0.0637. The van der Waals surface area contributed by atoms with Crippen molar-refractivity contribution in [2.75, 3.05) is 18.6 Å². The van der Waals surface area contributed by atoms with Crippen molar-refractivity contribution in [2.24, 2.45) is 0 Å². The first-order chi connectivity index (χ1) is 9.75. The zero-order valence-electron chi connectivity index (χ0n) is 11.0. The second-order valence-corrected chi connectivity index (χ2v) is 5.46. The van der Waals surface area contributed by atoms with Gasteiger partial charge >= 0.3 is 0 Å². The van der Waals surface area contributed by atoms with Gasteiger partial charge < -0.3 is 4.74 Å². The number of aromatic nitrogens is 3. The monoisotopic (exact) mass is 290 g/mol. The fraction of sp³-hybridized carbons (Fsp3) is 0.385. The Morgan fingerprint density at radius 3 is 3.05 bits per heavy atom. The molecule has 3 rings (SSSR count). The Morgan fingerprint density at radius 1 is 1.45 bits per heavy atom. The number of nitrogens with zero attached hydrogens (tertiary/aromatic N) is 4. The number of anilines is 1. The van der Waals surface area contributed by atoms with Gasteiger partial charge in [0.2, 0.25) is 5.13 Å². The van der Waals surface area contributed by atoms with Crippen LogP contribution in [0.4, 0.5) is 5.13 Å². The van der Waals surface area contributed by atoms with Crippen LogP contribution in [0.3, 0.4) is 0 Å². The second-order valence-electron chi connectivity index (χ2n) is 4.50. The van der Waals surface area contributed by atoms with Crippen LogP contribution < -0.4 is 4.90 Å². The van der Waals surface area contributed by atoms with E-state index in [2.05, 4.69) is 15.2 Å². The Hall–Kier alpha value is -1.86. The topological polar surface area (TPSA) is 68.2 Å². The smallest absolute Gasteiger partial charge is 0.257 e. The van der Waals surface area contributed by atoms with Crippen molar-refractivity contribution in [1.29, 1.82) is 0 Å². The van der Waals surface area contributed by atoms with Crippen molar-refractivity contribution in [2.45, 2.75) is 18.9 Å². The van der Waals surface area contributed by atoms with E-state index in [1.807, 2.05) is 18.2 Å². The zero-order chi connectivity index (χ0) is 13.9. The first kappa shape index (κ1) is 13.1. The van der Waals surface area contributed by atoms with Gasteiger partial charge in [-0.05, 0) is 25.0 Å². The number of likely N-dealkylation sites (N-methyl/N-ethyl adjacent to an activating group) is 1. The number of hydrogen-bond acceptors (Lipinski definition) is 6. The Morgan fingerprint density at radius 2 is 2.35 bits per heavy atom. The summed E-state index contributed by atoms with van der Waals surface area (Å²) < 4.78 is 5.40. The van der Waals surface area contributed by atoms with Crippen LogP contribution in [0, 0.1) is 0 Å². The molecule has 1 aliphatic heterocycles. The van der Waals surface area contributed by atoms with Gasteiger partial charge in [-0.15, -0.1) is 10.2 Å². The fourth-order valence-corrected chi connectivity index (χ4v) is 2.81. The van der Waals surface area contributed by atoms with E-state index in [-0.39, 0.29) is 12.0 Å². The minimum Gasteiger partial charge on any atom is -0.368 e. The standard InChI is InChI=1S/C13H14N4O2S/c1-17(12(18)10-6-4-8-19-10)13-16-15-11(20-13)9-5-2-3-7-14-9/h2-3,5,7,10H,4,6,8H2,1H3/t10-/m1/s1. The highest BCUT2D eigenvalue weighted by atomic mass is 32.1. The van der Waals surface area contributed by atoms with Crippen LogP contribution in [0.15, 0.2) is 24.4 Å². The number of carbonyl (C=O) groups excluding carboxylic acids is 1. The lowest BCUT2D eigenvalue weighted by Gasteiger charge is -2.16. The van der Waals surface area contributed by atoms with Crippen LogP contribution in [-0.2, 0) is 9.53 Å². The maximum Gasteiger partial charge on any atom is 0.257 e. The lowest BCUT2D eigenvalue weighted by Crippen LogP contribution is -2.35. The van der Waals surface area contributed by atoms with Gasteiger partial charge in [0.25, 0.3) is 5.91 Å². The molecule has 1 fully saturated rings. The summed E-state index contributed by atoms with van der Waals surface area (Å²) in [5.41, 5.74) is 0.759. The molecule has 3 heterocycles. The van der Waals surface area contributed by atoms with Crippen LogP contribution in [-0.4, -0.2) is 40.8 Å². The molecule has 0 N–H and O–H groups in total. The number of hydrogen-bond donors (Lipinski definition) is 0. The largest absolute Gasteiger partial charge is 0.368 e. The van der Waals surface area contributed by atoms with E-state index in [0.29, 0.717) is 16.7 Å². The van der Waals surface area contributed by atoms with Gasteiger partial charge in [-0.25, -0.2) is 0 Å². The summed E-state index contributed by atoms with van der Waals surface area (Å²) in [4.78, 5) is 18.0. The molecule has 2 aromatic rings. The molecule has 2 aromatic heterocycles. The minimum atomic E-state index is -0.345. The molecule has 1 saturated heterocycles. The van der Waals surface area contributed by atoms with Gasteiger partial charge in [0.1, 0.15) is 11.8 Å². The van der Waals surface area contributed by atoms with E-state index < -0.39 is 0 Å². The van der Waals surface area contributed by atoms with Gasteiger partial charge in [-0.2, -0.15) is 0 Å². The first-order valence-corrected chi connectivity index (χ1v) is 7.21. The number of carbonyl (C=O) groups is 1. The molecule has 6 nitrogen and oxygen atoms in total. The number of pyridine rings is 1. The van der Waals surface area contributed by atoms with Gasteiger partial charge in [-0.3, -0.25) is 14.7 Å². The minimum absolute atomic E-state index is 0.0637. The maximum absolute atomic E-state index is 12.2. The van der Waals surface area contributed by atoms with Crippen LogP contribution >= 0.6 is 11.3 Å². The molecule has 1 amide bonds. The average molecular weight is 290 g/mol. The van der Waals surface area contributed by atoms with Gasteiger partial charge in [0.05, 0.1) is 0 Å². The maximum atomic E-state index is 12.2. The molecule has 0 unspecified atom stereocenters. The molecule has 20 heavy (non-hydrogen) atoms. The van der Waals surface area contributed by atoms with E-state index in [1.165, 1.54) is 16.2 Å². The number of ether oxygens (including phenoxy) is 1. The Balaban J connectivity index is 1.77. The summed E-state index contributed by atoms with van der Waals surface area (Å²) in [6.45, 7) is 0.652. The van der Waals surface area contributed by atoms with Crippen molar-refractivity contribution >= 4 is 22.4 Å². The van der Waals surface area contributed by atoms with E-state index in [4.69, 9.17) is 4.74 Å². The summed E-state index contributed by atoms with van der Waals surface area (Å²) in [6.07, 6.45) is 3.06. The molecule has 0 bridgehead atoms. The first-order valence-electron chi connectivity index (χ1n) is 6.40.